The van der Waals surface area contributed by atoms with Crippen molar-refractivity contribution in [3.05, 3.63) is 23.2 Å². The second-order valence-electron chi connectivity index (χ2n) is 3.91. The standard InChI is InChI=1S/C11H14ClNO2/c1-13-5-4-9(7-13)15-11-3-2-8(14)6-10(11)12/h2-3,6,9,14H,4-5,7H2,1H3. The molecule has 2 rings (SSSR count). The van der Waals surface area contributed by atoms with E-state index < -0.39 is 0 Å². The number of phenolic OH excluding ortho intramolecular Hbond substituents is 1. The summed E-state index contributed by atoms with van der Waals surface area (Å²) < 4.78 is 5.75. The van der Waals surface area contributed by atoms with Gasteiger partial charge in [0.2, 0.25) is 0 Å². The molecule has 1 aliphatic heterocycles. The van der Waals surface area contributed by atoms with Crippen LogP contribution in [0.2, 0.25) is 5.02 Å². The predicted octanol–water partition coefficient (Wildman–Crippen LogP) is 2.13. The first-order valence-corrected chi connectivity index (χ1v) is 5.36. The van der Waals surface area contributed by atoms with Crippen LogP contribution in [0.3, 0.4) is 0 Å². The Balaban J connectivity index is 2.04. The van der Waals surface area contributed by atoms with Crippen LogP contribution in [0.1, 0.15) is 6.42 Å². The number of phenols is 1. The van der Waals surface area contributed by atoms with Crippen molar-refractivity contribution in [2.75, 3.05) is 20.1 Å². The minimum absolute atomic E-state index is 0.163. The lowest BCUT2D eigenvalue weighted by Gasteiger charge is -2.14. The van der Waals surface area contributed by atoms with E-state index in [4.69, 9.17) is 16.3 Å². The van der Waals surface area contributed by atoms with Crippen molar-refractivity contribution in [1.82, 2.24) is 4.90 Å². The molecule has 1 unspecified atom stereocenters. The molecule has 1 aromatic carbocycles. The summed E-state index contributed by atoms with van der Waals surface area (Å²) in [6.07, 6.45) is 1.23. The molecule has 0 spiro atoms. The topological polar surface area (TPSA) is 32.7 Å². The highest BCUT2D eigenvalue weighted by molar-refractivity contribution is 6.32. The Hall–Kier alpha value is -0.930. The Morgan fingerprint density at radius 2 is 2.33 bits per heavy atom. The van der Waals surface area contributed by atoms with Gasteiger partial charge in [0.05, 0.1) is 5.02 Å². The van der Waals surface area contributed by atoms with Crippen LogP contribution >= 0.6 is 11.6 Å². The van der Waals surface area contributed by atoms with Crippen LogP contribution in [0.25, 0.3) is 0 Å². The summed E-state index contributed by atoms with van der Waals surface area (Å²) in [5.41, 5.74) is 0. The minimum atomic E-state index is 0.163. The van der Waals surface area contributed by atoms with Gasteiger partial charge < -0.3 is 14.7 Å². The molecule has 82 valence electrons. The first-order valence-electron chi connectivity index (χ1n) is 4.99. The van der Waals surface area contributed by atoms with E-state index in [9.17, 15) is 5.11 Å². The van der Waals surface area contributed by atoms with Crippen molar-refractivity contribution in [2.45, 2.75) is 12.5 Å². The van der Waals surface area contributed by atoms with Crippen LogP contribution in [0, 0.1) is 0 Å². The zero-order chi connectivity index (χ0) is 10.8. The zero-order valence-electron chi connectivity index (χ0n) is 8.61. The van der Waals surface area contributed by atoms with Crippen molar-refractivity contribution < 1.29 is 9.84 Å². The Morgan fingerprint density at radius 3 is 2.93 bits per heavy atom. The first-order chi connectivity index (χ1) is 7.15. The molecular formula is C11H14ClNO2. The van der Waals surface area contributed by atoms with Gasteiger partial charge in [-0.15, -0.1) is 0 Å². The maximum absolute atomic E-state index is 9.19. The molecule has 1 heterocycles. The Labute approximate surface area is 94.2 Å². The highest BCUT2D eigenvalue weighted by Gasteiger charge is 2.21. The van der Waals surface area contributed by atoms with Crippen LogP contribution in [0.5, 0.6) is 11.5 Å². The van der Waals surface area contributed by atoms with E-state index in [1.54, 1.807) is 12.1 Å². The van der Waals surface area contributed by atoms with Crippen LogP contribution in [-0.2, 0) is 0 Å². The third-order valence-corrected chi connectivity index (χ3v) is 2.85. The van der Waals surface area contributed by atoms with Gasteiger partial charge in [-0.25, -0.2) is 0 Å². The number of nitrogens with zero attached hydrogens (tertiary/aromatic N) is 1. The molecular weight excluding hydrogens is 214 g/mol. The summed E-state index contributed by atoms with van der Waals surface area (Å²) in [6, 6.07) is 4.78. The monoisotopic (exact) mass is 227 g/mol. The number of likely N-dealkylation sites (tertiary alicyclic amines) is 1. The zero-order valence-corrected chi connectivity index (χ0v) is 9.37. The van der Waals surface area contributed by atoms with E-state index in [0.717, 1.165) is 19.5 Å². The molecule has 0 aliphatic carbocycles. The van der Waals surface area contributed by atoms with Crippen molar-refractivity contribution in [3.8, 4) is 11.5 Å². The summed E-state index contributed by atoms with van der Waals surface area (Å²) in [5.74, 6) is 0.811. The second kappa shape index (κ2) is 4.29. The molecule has 1 aromatic rings. The van der Waals surface area contributed by atoms with Crippen molar-refractivity contribution in [3.63, 3.8) is 0 Å². The normalized spacial score (nSPS) is 21.9. The fourth-order valence-corrected chi connectivity index (χ4v) is 1.97. The molecule has 4 heteroatoms. The summed E-state index contributed by atoms with van der Waals surface area (Å²) >= 11 is 5.95. The van der Waals surface area contributed by atoms with Crippen molar-refractivity contribution in [2.24, 2.45) is 0 Å². The predicted molar refractivity (Wildman–Crippen MR) is 59.6 cm³/mol. The Kier molecular flexibility index (Phi) is 3.03. The fourth-order valence-electron chi connectivity index (χ4n) is 1.76. The molecule has 15 heavy (non-hydrogen) atoms. The Morgan fingerprint density at radius 1 is 1.53 bits per heavy atom. The molecule has 0 radical (unpaired) electrons. The largest absolute Gasteiger partial charge is 0.508 e. The maximum Gasteiger partial charge on any atom is 0.138 e. The number of hydrogen-bond acceptors (Lipinski definition) is 3. The lowest BCUT2D eigenvalue weighted by atomic mass is 10.3. The average molecular weight is 228 g/mol. The van der Waals surface area contributed by atoms with Gasteiger partial charge in [0.15, 0.2) is 0 Å². The van der Waals surface area contributed by atoms with Gasteiger partial charge in [0, 0.05) is 19.2 Å². The minimum Gasteiger partial charge on any atom is -0.508 e. The van der Waals surface area contributed by atoms with E-state index in [1.165, 1.54) is 6.07 Å². The van der Waals surface area contributed by atoms with Gasteiger partial charge in [-0.05, 0) is 25.6 Å². The summed E-state index contributed by atoms with van der Waals surface area (Å²) in [4.78, 5) is 2.22. The molecule has 1 N–H and O–H groups in total. The lowest BCUT2D eigenvalue weighted by Crippen LogP contribution is -2.21. The molecule has 0 bridgehead atoms. The first kappa shape index (κ1) is 10.6. The van der Waals surface area contributed by atoms with Gasteiger partial charge in [0.25, 0.3) is 0 Å². The second-order valence-corrected chi connectivity index (χ2v) is 4.31. The third kappa shape index (κ3) is 2.55. The lowest BCUT2D eigenvalue weighted by molar-refractivity contribution is 0.208. The fraction of sp³-hybridized carbons (Fsp3) is 0.455. The number of hydrogen-bond donors (Lipinski definition) is 1. The number of ether oxygens (including phenoxy) is 1. The van der Waals surface area contributed by atoms with E-state index in [1.807, 2.05) is 0 Å². The maximum atomic E-state index is 9.19. The van der Waals surface area contributed by atoms with Crippen molar-refractivity contribution in [1.29, 1.82) is 0 Å². The summed E-state index contributed by atoms with van der Waals surface area (Å²) in [7, 11) is 2.07. The van der Waals surface area contributed by atoms with Gasteiger partial charge in [-0.2, -0.15) is 0 Å². The molecule has 0 saturated carbocycles. The molecule has 1 saturated heterocycles. The van der Waals surface area contributed by atoms with E-state index in [-0.39, 0.29) is 11.9 Å². The van der Waals surface area contributed by atoms with Crippen LogP contribution in [0.4, 0.5) is 0 Å². The number of aromatic hydroxyl groups is 1. The van der Waals surface area contributed by atoms with Crippen LogP contribution in [-0.4, -0.2) is 36.2 Å². The number of halogens is 1. The Bertz CT molecular complexity index is 356. The molecule has 0 amide bonds. The molecule has 0 aromatic heterocycles. The van der Waals surface area contributed by atoms with Crippen LogP contribution < -0.4 is 4.74 Å². The summed E-state index contributed by atoms with van der Waals surface area (Å²) in [6.45, 7) is 1.98. The highest BCUT2D eigenvalue weighted by Crippen LogP contribution is 2.29. The molecule has 1 atom stereocenters. The van der Waals surface area contributed by atoms with E-state index in [0.29, 0.717) is 10.8 Å². The van der Waals surface area contributed by atoms with Gasteiger partial charge in [-0.3, -0.25) is 0 Å². The number of benzene rings is 1. The summed E-state index contributed by atoms with van der Waals surface area (Å²) in [5, 5.41) is 9.65. The number of likely N-dealkylation sites (N-methyl/N-ethyl adjacent to an activating group) is 1. The van der Waals surface area contributed by atoms with Gasteiger partial charge in [0.1, 0.15) is 17.6 Å². The SMILES string of the molecule is CN1CCC(Oc2ccc(O)cc2Cl)C1. The molecule has 3 nitrogen and oxygen atoms in total. The van der Waals surface area contributed by atoms with E-state index in [2.05, 4.69) is 11.9 Å². The average Bonchev–Trinajstić information content (AvgIpc) is 2.56. The smallest absolute Gasteiger partial charge is 0.138 e. The molecule has 1 fully saturated rings. The van der Waals surface area contributed by atoms with Gasteiger partial charge >= 0.3 is 0 Å². The molecule has 1 aliphatic rings. The van der Waals surface area contributed by atoms with E-state index >= 15 is 0 Å². The van der Waals surface area contributed by atoms with Crippen LogP contribution in [0.15, 0.2) is 18.2 Å². The van der Waals surface area contributed by atoms with Gasteiger partial charge in [-0.1, -0.05) is 11.6 Å². The quantitative estimate of drug-likeness (QED) is 0.840. The third-order valence-electron chi connectivity index (χ3n) is 2.56. The highest BCUT2D eigenvalue weighted by atomic mass is 35.5. The number of rotatable bonds is 2. The van der Waals surface area contributed by atoms with Crippen molar-refractivity contribution >= 4 is 11.6 Å².